The molecule has 0 aromatic carbocycles. The van der Waals surface area contributed by atoms with E-state index in [1.54, 1.807) is 5.57 Å². The summed E-state index contributed by atoms with van der Waals surface area (Å²) in [5.41, 5.74) is 3.25. The lowest BCUT2D eigenvalue weighted by Gasteiger charge is -2.44. The second-order valence-electron chi connectivity index (χ2n) is 12.1. The molecule has 3 aliphatic rings. The van der Waals surface area contributed by atoms with Gasteiger partial charge in [-0.25, -0.2) is 0 Å². The molecule has 182 valence electrons. The fourth-order valence-electron chi connectivity index (χ4n) is 7.08. The second kappa shape index (κ2) is 10.6. The number of rotatable bonds is 8. The summed E-state index contributed by atoms with van der Waals surface area (Å²) in [6.45, 7) is 12.9. The fourth-order valence-corrected chi connectivity index (χ4v) is 7.08. The van der Waals surface area contributed by atoms with Crippen LogP contribution >= 0.6 is 0 Å². The lowest BCUT2D eigenvalue weighted by Crippen LogP contribution is -2.36. The first-order valence-electron chi connectivity index (χ1n) is 13.2. The van der Waals surface area contributed by atoms with Crippen LogP contribution in [-0.4, -0.2) is 33.1 Å². The number of aliphatic hydroxyl groups is 3. The van der Waals surface area contributed by atoms with E-state index in [9.17, 15) is 15.3 Å². The lowest BCUT2D eigenvalue weighted by molar-refractivity contribution is 0.0672. The third kappa shape index (κ3) is 6.15. The van der Waals surface area contributed by atoms with Crippen molar-refractivity contribution < 1.29 is 15.3 Å². The largest absolute Gasteiger partial charge is 0.393 e. The second-order valence-corrected chi connectivity index (χ2v) is 12.1. The summed E-state index contributed by atoms with van der Waals surface area (Å²) in [4.78, 5) is 0. The number of fused-ring (bicyclic) bond motifs is 1. The molecule has 0 spiro atoms. The minimum atomic E-state index is -0.611. The number of aliphatic hydroxyl groups excluding tert-OH is 2. The van der Waals surface area contributed by atoms with Gasteiger partial charge in [-0.3, -0.25) is 0 Å². The minimum absolute atomic E-state index is 0.400. The maximum Gasteiger partial charge on any atom is 0.0811 e. The van der Waals surface area contributed by atoms with Crippen LogP contribution in [0.15, 0.2) is 35.5 Å². The van der Waals surface area contributed by atoms with Crippen molar-refractivity contribution in [2.75, 3.05) is 0 Å². The smallest absolute Gasteiger partial charge is 0.0811 e. The Labute approximate surface area is 196 Å². The van der Waals surface area contributed by atoms with Crippen LogP contribution in [0.2, 0.25) is 0 Å². The average molecular weight is 445 g/mol. The highest BCUT2D eigenvalue weighted by atomic mass is 16.3. The first-order chi connectivity index (χ1) is 15.0. The van der Waals surface area contributed by atoms with Crippen molar-refractivity contribution in [1.29, 1.82) is 0 Å². The Bertz CT molecular complexity index is 712. The zero-order valence-electron chi connectivity index (χ0n) is 21.1. The van der Waals surface area contributed by atoms with E-state index < -0.39 is 17.8 Å². The maximum atomic E-state index is 10.2. The molecule has 0 aromatic rings. The molecule has 3 aliphatic carbocycles. The van der Waals surface area contributed by atoms with Gasteiger partial charge in [-0.2, -0.15) is 0 Å². The molecule has 32 heavy (non-hydrogen) atoms. The van der Waals surface area contributed by atoms with Gasteiger partial charge in [-0.1, -0.05) is 63.8 Å². The highest BCUT2D eigenvalue weighted by Crippen LogP contribution is 2.60. The summed E-state index contributed by atoms with van der Waals surface area (Å²) in [5, 5.41) is 30.1. The molecule has 3 heteroatoms. The predicted molar refractivity (Wildman–Crippen MR) is 133 cm³/mol. The van der Waals surface area contributed by atoms with Crippen LogP contribution in [0.1, 0.15) is 105 Å². The van der Waals surface area contributed by atoms with Gasteiger partial charge in [0.1, 0.15) is 0 Å². The molecule has 0 bridgehead atoms. The van der Waals surface area contributed by atoms with Gasteiger partial charge in [0.15, 0.2) is 0 Å². The van der Waals surface area contributed by atoms with Gasteiger partial charge < -0.3 is 15.3 Å². The fraction of sp³-hybridized carbons (Fsp3) is 0.793. The quantitative estimate of drug-likeness (QED) is 0.375. The van der Waals surface area contributed by atoms with E-state index in [1.807, 2.05) is 13.8 Å². The van der Waals surface area contributed by atoms with Gasteiger partial charge in [0.2, 0.25) is 0 Å². The topological polar surface area (TPSA) is 60.7 Å². The highest BCUT2D eigenvalue weighted by Gasteiger charge is 2.50. The summed E-state index contributed by atoms with van der Waals surface area (Å²) < 4.78 is 0. The van der Waals surface area contributed by atoms with E-state index in [-0.39, 0.29) is 0 Å². The van der Waals surface area contributed by atoms with Crippen molar-refractivity contribution >= 4 is 0 Å². The molecule has 6 atom stereocenters. The van der Waals surface area contributed by atoms with Crippen LogP contribution in [0.5, 0.6) is 0 Å². The Morgan fingerprint density at radius 1 is 1.16 bits per heavy atom. The minimum Gasteiger partial charge on any atom is -0.393 e. The molecule has 0 radical (unpaired) electrons. The summed E-state index contributed by atoms with van der Waals surface area (Å²) >= 11 is 0. The Morgan fingerprint density at radius 3 is 2.62 bits per heavy atom. The molecule has 2 unspecified atom stereocenters. The Balaban J connectivity index is 1.61. The molecule has 3 saturated carbocycles. The molecule has 0 aliphatic heterocycles. The third-order valence-electron chi connectivity index (χ3n) is 8.94. The summed E-state index contributed by atoms with van der Waals surface area (Å²) in [7, 11) is 0. The van der Waals surface area contributed by atoms with Crippen molar-refractivity contribution in [2.45, 2.75) is 123 Å². The SMILES string of the molecule is C=C1/C(=C\C=C2/CCC[C@@]3(C)C2CCC3[C@H](C)CCCCCC(C)(C)O)C[C@@H](O)C[C@@H]1O. The Kier molecular flexibility index (Phi) is 8.50. The molecule has 3 N–H and O–H groups in total. The van der Waals surface area contributed by atoms with E-state index in [0.29, 0.717) is 24.2 Å². The van der Waals surface area contributed by atoms with E-state index in [1.165, 1.54) is 51.4 Å². The molecule has 0 heterocycles. The molecular weight excluding hydrogens is 396 g/mol. The van der Waals surface area contributed by atoms with Gasteiger partial charge in [-0.05, 0) is 93.1 Å². The van der Waals surface area contributed by atoms with Gasteiger partial charge in [-0.15, -0.1) is 0 Å². The van der Waals surface area contributed by atoms with E-state index in [0.717, 1.165) is 35.8 Å². The van der Waals surface area contributed by atoms with Crippen LogP contribution in [0.4, 0.5) is 0 Å². The predicted octanol–water partition coefficient (Wildman–Crippen LogP) is 6.48. The van der Waals surface area contributed by atoms with Crippen LogP contribution in [0.3, 0.4) is 0 Å². The molecule has 3 fully saturated rings. The first kappa shape index (κ1) is 25.7. The van der Waals surface area contributed by atoms with Gasteiger partial charge >= 0.3 is 0 Å². The van der Waals surface area contributed by atoms with E-state index in [4.69, 9.17) is 0 Å². The standard InChI is InChI=1S/C29H48O3/c1-20(10-7-6-8-16-28(3,4)32)25-14-15-26-22(11-9-17-29(25,26)5)12-13-23-18-24(30)19-27(31)21(23)2/h12-13,20,24-27,30-32H,2,6-11,14-19H2,1,3-5H3/b22-12+,23-13-/t20-,24-,25?,26?,27+,29-/m1/s1. The summed E-state index contributed by atoms with van der Waals surface area (Å²) in [6.07, 6.45) is 16.6. The molecule has 0 amide bonds. The van der Waals surface area contributed by atoms with Crippen molar-refractivity contribution in [3.8, 4) is 0 Å². The normalized spacial score (nSPS) is 37.2. The van der Waals surface area contributed by atoms with Crippen molar-refractivity contribution in [2.24, 2.45) is 23.2 Å². The van der Waals surface area contributed by atoms with E-state index in [2.05, 4.69) is 32.6 Å². The summed E-state index contributed by atoms with van der Waals surface area (Å²) in [5.74, 6) is 2.22. The zero-order chi connectivity index (χ0) is 23.5. The van der Waals surface area contributed by atoms with Crippen LogP contribution in [0.25, 0.3) is 0 Å². The van der Waals surface area contributed by atoms with Crippen LogP contribution < -0.4 is 0 Å². The molecule has 0 aromatic heterocycles. The highest BCUT2D eigenvalue weighted by molar-refractivity contribution is 5.38. The van der Waals surface area contributed by atoms with E-state index >= 15 is 0 Å². The number of hydrogen-bond acceptors (Lipinski definition) is 3. The number of allylic oxidation sites excluding steroid dienone is 3. The van der Waals surface area contributed by atoms with Crippen molar-refractivity contribution in [3.05, 3.63) is 35.5 Å². The third-order valence-corrected chi connectivity index (χ3v) is 8.94. The molecule has 3 nitrogen and oxygen atoms in total. The zero-order valence-corrected chi connectivity index (χ0v) is 21.1. The Morgan fingerprint density at radius 2 is 1.91 bits per heavy atom. The van der Waals surface area contributed by atoms with Crippen molar-refractivity contribution in [1.82, 2.24) is 0 Å². The molecular formula is C29H48O3. The lowest BCUT2D eigenvalue weighted by atomic mass is 9.60. The van der Waals surface area contributed by atoms with Gasteiger partial charge in [0, 0.05) is 6.42 Å². The number of unbranched alkanes of at least 4 members (excludes halogenated alkanes) is 2. The molecule has 3 rings (SSSR count). The summed E-state index contributed by atoms with van der Waals surface area (Å²) in [6, 6.07) is 0. The average Bonchev–Trinajstić information content (AvgIpc) is 3.06. The maximum absolute atomic E-state index is 10.2. The number of hydrogen-bond donors (Lipinski definition) is 3. The van der Waals surface area contributed by atoms with Crippen LogP contribution in [0, 0.1) is 23.2 Å². The first-order valence-corrected chi connectivity index (χ1v) is 13.2. The van der Waals surface area contributed by atoms with Crippen LogP contribution in [-0.2, 0) is 0 Å². The molecule has 0 saturated heterocycles. The van der Waals surface area contributed by atoms with Gasteiger partial charge in [0.25, 0.3) is 0 Å². The van der Waals surface area contributed by atoms with Gasteiger partial charge in [0.05, 0.1) is 17.8 Å². The van der Waals surface area contributed by atoms with Crippen molar-refractivity contribution in [3.63, 3.8) is 0 Å². The Hall–Kier alpha value is -0.900. The monoisotopic (exact) mass is 444 g/mol.